The molecule has 12 heavy (non-hydrogen) atoms. The fourth-order valence-corrected chi connectivity index (χ4v) is 1.27. The van der Waals surface area contributed by atoms with E-state index in [1.54, 1.807) is 0 Å². The van der Waals surface area contributed by atoms with E-state index in [0.29, 0.717) is 0 Å². The van der Waals surface area contributed by atoms with Crippen molar-refractivity contribution in [3.05, 3.63) is 0 Å². The van der Waals surface area contributed by atoms with E-state index in [4.69, 9.17) is 15.3 Å². The summed E-state index contributed by atoms with van der Waals surface area (Å²) in [5, 5.41) is 26.5. The maximum Gasteiger partial charge on any atom is 0.307 e. The van der Waals surface area contributed by atoms with Crippen LogP contribution in [0.3, 0.4) is 0 Å². The lowest BCUT2D eigenvalue weighted by Crippen LogP contribution is -2.43. The van der Waals surface area contributed by atoms with Gasteiger partial charge in [-0.2, -0.15) is 0 Å². The van der Waals surface area contributed by atoms with Crippen LogP contribution in [0.15, 0.2) is 0 Å². The van der Waals surface area contributed by atoms with Crippen molar-refractivity contribution in [1.29, 1.82) is 0 Å². The first-order valence-corrected chi connectivity index (χ1v) is 3.64. The Morgan fingerprint density at radius 2 is 2.00 bits per heavy atom. The number of aliphatic hydroxyl groups is 2. The van der Waals surface area contributed by atoms with Gasteiger partial charge in [0, 0.05) is 6.42 Å². The van der Waals surface area contributed by atoms with Crippen molar-refractivity contribution in [3.63, 3.8) is 0 Å². The molecule has 0 heterocycles. The fourth-order valence-electron chi connectivity index (χ4n) is 1.27. The molecule has 0 aromatic carbocycles. The number of carbonyl (C=O) groups excluding carboxylic acids is 1. The highest BCUT2D eigenvalue weighted by Gasteiger charge is 2.37. The fraction of sp³-hybridized carbons (Fsp3) is 0.714. The van der Waals surface area contributed by atoms with Crippen LogP contribution in [0.2, 0.25) is 0 Å². The number of hydrogen-bond acceptors (Lipinski definition) is 4. The van der Waals surface area contributed by atoms with Crippen LogP contribution in [-0.2, 0) is 9.59 Å². The summed E-state index contributed by atoms with van der Waals surface area (Å²) in [5.41, 5.74) is 0. The summed E-state index contributed by atoms with van der Waals surface area (Å²) in [6.45, 7) is 0. The Hall–Kier alpha value is -0.940. The second-order valence-electron chi connectivity index (χ2n) is 2.95. The maximum atomic E-state index is 10.8. The maximum absolute atomic E-state index is 10.8. The predicted molar refractivity (Wildman–Crippen MR) is 37.4 cm³/mol. The minimum atomic E-state index is -1.40. The number of Topliss-reactive ketones (excluding diaryl/α,β-unsaturated/α-hetero) is 1. The molecular formula is C7H10O5. The number of hydrogen-bond donors (Lipinski definition) is 3. The van der Waals surface area contributed by atoms with Crippen LogP contribution >= 0.6 is 0 Å². The summed E-state index contributed by atoms with van der Waals surface area (Å²) in [6.07, 6.45) is -2.87. The standard InChI is InChI=1S/C7H10O5/c8-4-1-3(7(11)12)2-5(9)6(4)10/h3-4,6,8,10H,1-2H2,(H,11,12)/t3-,4?,6-/m0/s1. The van der Waals surface area contributed by atoms with E-state index >= 15 is 0 Å². The van der Waals surface area contributed by atoms with Gasteiger partial charge in [0.25, 0.3) is 0 Å². The Balaban J connectivity index is 2.66. The van der Waals surface area contributed by atoms with E-state index in [9.17, 15) is 9.59 Å². The molecule has 0 bridgehead atoms. The highest BCUT2D eigenvalue weighted by Crippen LogP contribution is 2.22. The normalized spacial score (nSPS) is 36.5. The van der Waals surface area contributed by atoms with Gasteiger partial charge in [0.2, 0.25) is 0 Å². The third-order valence-electron chi connectivity index (χ3n) is 2.02. The molecular weight excluding hydrogens is 164 g/mol. The molecule has 1 unspecified atom stereocenters. The molecule has 1 aliphatic carbocycles. The summed E-state index contributed by atoms with van der Waals surface area (Å²) < 4.78 is 0. The summed E-state index contributed by atoms with van der Waals surface area (Å²) in [7, 11) is 0. The molecule has 0 spiro atoms. The first-order valence-electron chi connectivity index (χ1n) is 3.64. The van der Waals surface area contributed by atoms with E-state index in [1.807, 2.05) is 0 Å². The number of ketones is 1. The van der Waals surface area contributed by atoms with Crippen molar-refractivity contribution >= 4 is 11.8 Å². The zero-order valence-electron chi connectivity index (χ0n) is 6.30. The van der Waals surface area contributed by atoms with Crippen LogP contribution in [0, 0.1) is 5.92 Å². The van der Waals surface area contributed by atoms with Crippen molar-refractivity contribution in [2.45, 2.75) is 25.0 Å². The number of carboxylic acids is 1. The zero-order chi connectivity index (χ0) is 9.30. The Morgan fingerprint density at radius 3 is 2.42 bits per heavy atom. The molecule has 1 aliphatic rings. The van der Waals surface area contributed by atoms with Crippen molar-refractivity contribution < 1.29 is 24.9 Å². The third kappa shape index (κ3) is 1.62. The first-order chi connectivity index (χ1) is 5.52. The van der Waals surface area contributed by atoms with Gasteiger partial charge in [0.1, 0.15) is 6.10 Å². The van der Waals surface area contributed by atoms with Gasteiger partial charge in [-0.3, -0.25) is 9.59 Å². The van der Waals surface area contributed by atoms with Crippen molar-refractivity contribution in [2.24, 2.45) is 5.92 Å². The SMILES string of the molecule is O=C(O)[C@@H]1CC(=O)[C@@H](O)C(O)C1. The second kappa shape index (κ2) is 3.20. The molecule has 68 valence electrons. The number of aliphatic carboxylic acids is 1. The van der Waals surface area contributed by atoms with Crippen molar-refractivity contribution in [3.8, 4) is 0 Å². The van der Waals surface area contributed by atoms with Gasteiger partial charge in [-0.05, 0) is 6.42 Å². The number of carboxylic acid groups (broad SMARTS) is 1. The molecule has 1 rings (SSSR count). The molecule has 0 radical (unpaired) electrons. The number of rotatable bonds is 1. The molecule has 0 saturated heterocycles. The van der Waals surface area contributed by atoms with Crippen LogP contribution in [0.25, 0.3) is 0 Å². The summed E-state index contributed by atoms with van der Waals surface area (Å²) >= 11 is 0. The van der Waals surface area contributed by atoms with Gasteiger partial charge < -0.3 is 15.3 Å². The summed E-state index contributed by atoms with van der Waals surface area (Å²) in [5.74, 6) is -2.55. The van der Waals surface area contributed by atoms with Gasteiger partial charge >= 0.3 is 5.97 Å². The van der Waals surface area contributed by atoms with Crippen LogP contribution in [0.5, 0.6) is 0 Å². The van der Waals surface area contributed by atoms with E-state index < -0.39 is 29.9 Å². The smallest absolute Gasteiger partial charge is 0.307 e. The highest BCUT2D eigenvalue weighted by molar-refractivity contribution is 5.88. The molecule has 3 atom stereocenters. The predicted octanol–water partition coefficient (Wildman–Crippen LogP) is -1.23. The average Bonchev–Trinajstić information content (AvgIpc) is 1.99. The Bertz CT molecular complexity index is 212. The van der Waals surface area contributed by atoms with Gasteiger partial charge in [-0.25, -0.2) is 0 Å². The van der Waals surface area contributed by atoms with E-state index in [1.165, 1.54) is 0 Å². The van der Waals surface area contributed by atoms with Gasteiger partial charge in [0.15, 0.2) is 5.78 Å². The Kier molecular flexibility index (Phi) is 2.44. The minimum Gasteiger partial charge on any atom is -0.481 e. The lowest BCUT2D eigenvalue weighted by molar-refractivity contribution is -0.153. The lowest BCUT2D eigenvalue weighted by atomic mass is 9.84. The largest absolute Gasteiger partial charge is 0.481 e. The molecule has 0 aromatic heterocycles. The van der Waals surface area contributed by atoms with Crippen LogP contribution in [0.1, 0.15) is 12.8 Å². The lowest BCUT2D eigenvalue weighted by Gasteiger charge is -2.26. The van der Waals surface area contributed by atoms with Gasteiger partial charge in [0.05, 0.1) is 12.0 Å². The topological polar surface area (TPSA) is 94.8 Å². The minimum absolute atomic E-state index is 0.0533. The molecule has 5 heteroatoms. The second-order valence-corrected chi connectivity index (χ2v) is 2.95. The quantitative estimate of drug-likeness (QED) is 0.462. The number of carbonyl (C=O) groups is 2. The first kappa shape index (κ1) is 9.15. The average molecular weight is 174 g/mol. The molecule has 0 amide bonds. The zero-order valence-corrected chi connectivity index (χ0v) is 6.30. The molecule has 0 aromatic rings. The van der Waals surface area contributed by atoms with Gasteiger partial charge in [-0.1, -0.05) is 0 Å². The molecule has 5 nitrogen and oxygen atoms in total. The summed E-state index contributed by atoms with van der Waals surface area (Å²) in [4.78, 5) is 21.3. The van der Waals surface area contributed by atoms with Crippen LogP contribution in [0.4, 0.5) is 0 Å². The van der Waals surface area contributed by atoms with Crippen molar-refractivity contribution in [2.75, 3.05) is 0 Å². The third-order valence-corrected chi connectivity index (χ3v) is 2.02. The molecule has 1 fully saturated rings. The Morgan fingerprint density at radius 1 is 1.42 bits per heavy atom. The monoisotopic (exact) mass is 174 g/mol. The Labute approximate surface area is 68.6 Å². The molecule has 3 N–H and O–H groups in total. The van der Waals surface area contributed by atoms with Gasteiger partial charge in [-0.15, -0.1) is 0 Å². The summed E-state index contributed by atoms with van der Waals surface area (Å²) in [6, 6.07) is 0. The van der Waals surface area contributed by atoms with Crippen molar-refractivity contribution in [1.82, 2.24) is 0 Å². The molecule has 0 aliphatic heterocycles. The highest BCUT2D eigenvalue weighted by atomic mass is 16.4. The van der Waals surface area contributed by atoms with E-state index in [-0.39, 0.29) is 12.8 Å². The van der Waals surface area contributed by atoms with E-state index in [2.05, 4.69) is 0 Å². The van der Waals surface area contributed by atoms with E-state index in [0.717, 1.165) is 0 Å². The van der Waals surface area contributed by atoms with Crippen LogP contribution in [-0.4, -0.2) is 39.3 Å². The van der Waals surface area contributed by atoms with Crippen LogP contribution < -0.4 is 0 Å². The molecule has 1 saturated carbocycles. The number of aliphatic hydroxyl groups excluding tert-OH is 2.